The topological polar surface area (TPSA) is 60.2 Å². The summed E-state index contributed by atoms with van der Waals surface area (Å²) >= 11 is 1.46. The average molecular weight is 410 g/mol. The molecular formula is C18H17F3N4O2S. The third-order valence-electron chi connectivity index (χ3n) is 3.83. The molecule has 10 heteroatoms. The molecule has 3 aromatic rings. The summed E-state index contributed by atoms with van der Waals surface area (Å²) in [5.41, 5.74) is 2.86. The summed E-state index contributed by atoms with van der Waals surface area (Å²) in [4.78, 5) is 22.0. The molecule has 0 saturated heterocycles. The van der Waals surface area contributed by atoms with Gasteiger partial charge in [0, 0.05) is 30.4 Å². The van der Waals surface area contributed by atoms with Gasteiger partial charge in [-0.05, 0) is 18.2 Å². The first-order chi connectivity index (χ1) is 13.3. The zero-order chi connectivity index (χ0) is 20.1. The highest BCUT2D eigenvalue weighted by atomic mass is 32.1. The number of benzene rings is 1. The largest absolute Gasteiger partial charge is 0.487 e. The van der Waals surface area contributed by atoms with E-state index in [0.717, 1.165) is 10.3 Å². The van der Waals surface area contributed by atoms with Crippen LogP contribution in [-0.4, -0.2) is 38.6 Å². The first-order valence-corrected chi connectivity index (χ1v) is 9.18. The van der Waals surface area contributed by atoms with Crippen molar-refractivity contribution in [1.29, 1.82) is 0 Å². The molecule has 0 aliphatic rings. The van der Waals surface area contributed by atoms with E-state index in [1.54, 1.807) is 29.8 Å². The van der Waals surface area contributed by atoms with Gasteiger partial charge in [0.25, 0.3) is 5.91 Å². The van der Waals surface area contributed by atoms with Gasteiger partial charge in [-0.3, -0.25) is 4.79 Å². The lowest BCUT2D eigenvalue weighted by Gasteiger charge is -2.19. The number of aromatic nitrogens is 3. The van der Waals surface area contributed by atoms with Gasteiger partial charge < -0.3 is 14.2 Å². The molecule has 1 aromatic carbocycles. The standard InChI is InChI=1S/C18H17F3N4O2S/c1-24(8-16-22-5-6-25(16)11-18(19,20)21)17(26)13-3-2-4-15(7-13)27-9-14-10-28-12-23-14/h2-7,10,12H,8-9,11H2,1H3. The molecule has 1 amide bonds. The zero-order valence-corrected chi connectivity index (χ0v) is 15.7. The smallest absolute Gasteiger partial charge is 0.406 e. The Bertz CT molecular complexity index is 925. The maximum absolute atomic E-state index is 12.7. The van der Waals surface area contributed by atoms with Crippen LogP contribution in [0.25, 0.3) is 0 Å². The Hall–Kier alpha value is -2.88. The number of carbonyl (C=O) groups excluding carboxylic acids is 1. The summed E-state index contributed by atoms with van der Waals surface area (Å²) in [7, 11) is 1.51. The van der Waals surface area contributed by atoms with Gasteiger partial charge in [-0.15, -0.1) is 11.3 Å². The number of nitrogens with zero attached hydrogens (tertiary/aromatic N) is 4. The summed E-state index contributed by atoms with van der Waals surface area (Å²) < 4.78 is 44.5. The fraction of sp³-hybridized carbons (Fsp3) is 0.278. The number of imidazole rings is 1. The Morgan fingerprint density at radius 1 is 1.32 bits per heavy atom. The van der Waals surface area contributed by atoms with E-state index in [-0.39, 0.29) is 24.9 Å². The van der Waals surface area contributed by atoms with Crippen LogP contribution in [0.15, 0.2) is 47.5 Å². The second-order valence-corrected chi connectivity index (χ2v) is 6.76. The van der Waals surface area contributed by atoms with Crippen molar-refractivity contribution in [3.05, 3.63) is 64.6 Å². The zero-order valence-electron chi connectivity index (χ0n) is 14.9. The van der Waals surface area contributed by atoms with Gasteiger partial charge in [0.1, 0.15) is 24.7 Å². The van der Waals surface area contributed by atoms with Crippen LogP contribution in [0, 0.1) is 0 Å². The highest BCUT2D eigenvalue weighted by Gasteiger charge is 2.29. The van der Waals surface area contributed by atoms with Crippen LogP contribution >= 0.6 is 11.3 Å². The van der Waals surface area contributed by atoms with Crippen LogP contribution in [-0.2, 0) is 19.7 Å². The number of ether oxygens (including phenoxy) is 1. The van der Waals surface area contributed by atoms with Crippen molar-refractivity contribution in [3.63, 3.8) is 0 Å². The molecule has 2 heterocycles. The molecule has 3 rings (SSSR count). The van der Waals surface area contributed by atoms with Gasteiger partial charge in [0.05, 0.1) is 17.7 Å². The molecule has 0 spiro atoms. The molecule has 0 radical (unpaired) electrons. The average Bonchev–Trinajstić information content (AvgIpc) is 3.31. The lowest BCUT2D eigenvalue weighted by atomic mass is 10.2. The maximum Gasteiger partial charge on any atom is 0.406 e. The maximum atomic E-state index is 12.7. The number of thiazole rings is 1. The van der Waals surface area contributed by atoms with Gasteiger partial charge >= 0.3 is 6.18 Å². The Morgan fingerprint density at radius 3 is 2.86 bits per heavy atom. The Balaban J connectivity index is 1.65. The third kappa shape index (κ3) is 5.32. The van der Waals surface area contributed by atoms with Crippen LogP contribution < -0.4 is 4.74 Å². The summed E-state index contributed by atoms with van der Waals surface area (Å²) in [6.07, 6.45) is -1.83. The van der Waals surface area contributed by atoms with Crippen molar-refractivity contribution < 1.29 is 22.7 Å². The Kier molecular flexibility index (Phi) is 5.98. The fourth-order valence-electron chi connectivity index (χ4n) is 2.52. The Morgan fingerprint density at radius 2 is 2.14 bits per heavy atom. The number of carbonyl (C=O) groups is 1. The monoisotopic (exact) mass is 410 g/mol. The molecule has 0 fully saturated rings. The van der Waals surface area contributed by atoms with E-state index < -0.39 is 12.7 Å². The van der Waals surface area contributed by atoms with E-state index in [1.807, 2.05) is 5.38 Å². The third-order valence-corrected chi connectivity index (χ3v) is 4.46. The van der Waals surface area contributed by atoms with Gasteiger partial charge in [-0.1, -0.05) is 6.07 Å². The van der Waals surface area contributed by atoms with Gasteiger partial charge in [0.15, 0.2) is 0 Å². The number of amides is 1. The van der Waals surface area contributed by atoms with Crippen molar-refractivity contribution >= 4 is 17.2 Å². The molecule has 0 aliphatic heterocycles. The molecule has 0 aliphatic carbocycles. The number of alkyl halides is 3. The summed E-state index contributed by atoms with van der Waals surface area (Å²) in [6, 6.07) is 6.62. The lowest BCUT2D eigenvalue weighted by molar-refractivity contribution is -0.141. The molecular weight excluding hydrogens is 393 g/mol. The summed E-state index contributed by atoms with van der Waals surface area (Å²) in [5.74, 6) is 0.315. The molecule has 6 nitrogen and oxygen atoms in total. The Labute approximate surface area is 163 Å². The van der Waals surface area contributed by atoms with Gasteiger partial charge in [-0.2, -0.15) is 13.2 Å². The minimum Gasteiger partial charge on any atom is -0.487 e. The van der Waals surface area contributed by atoms with E-state index in [4.69, 9.17) is 4.74 Å². The fourth-order valence-corrected chi connectivity index (χ4v) is 3.06. The molecule has 0 saturated carbocycles. The number of hydrogen-bond donors (Lipinski definition) is 0. The number of rotatable bonds is 7. The van der Waals surface area contributed by atoms with E-state index >= 15 is 0 Å². The molecule has 0 unspecified atom stereocenters. The van der Waals surface area contributed by atoms with Gasteiger partial charge in [-0.25, -0.2) is 9.97 Å². The minimum absolute atomic E-state index is 0.0498. The van der Waals surface area contributed by atoms with E-state index in [0.29, 0.717) is 11.3 Å². The lowest BCUT2D eigenvalue weighted by Crippen LogP contribution is -2.29. The predicted molar refractivity (Wildman–Crippen MR) is 97.0 cm³/mol. The highest BCUT2D eigenvalue weighted by molar-refractivity contribution is 7.07. The van der Waals surface area contributed by atoms with Crippen molar-refractivity contribution in [2.75, 3.05) is 7.05 Å². The first-order valence-electron chi connectivity index (χ1n) is 8.24. The number of hydrogen-bond acceptors (Lipinski definition) is 5. The van der Waals surface area contributed by atoms with Gasteiger partial charge in [0.2, 0.25) is 0 Å². The van der Waals surface area contributed by atoms with Crippen LogP contribution in [0.5, 0.6) is 5.75 Å². The molecule has 0 bridgehead atoms. The van der Waals surface area contributed by atoms with Crippen LogP contribution in [0.2, 0.25) is 0 Å². The van der Waals surface area contributed by atoms with E-state index in [9.17, 15) is 18.0 Å². The molecule has 0 atom stereocenters. The second kappa shape index (κ2) is 8.42. The molecule has 28 heavy (non-hydrogen) atoms. The quantitative estimate of drug-likeness (QED) is 0.595. The van der Waals surface area contributed by atoms with Crippen molar-refractivity contribution in [1.82, 2.24) is 19.4 Å². The summed E-state index contributed by atoms with van der Waals surface area (Å²) in [5, 5.41) is 1.87. The SMILES string of the molecule is CN(Cc1nccn1CC(F)(F)F)C(=O)c1cccc(OCc2cscn2)c1. The van der Waals surface area contributed by atoms with E-state index in [1.165, 1.54) is 35.7 Å². The van der Waals surface area contributed by atoms with Crippen molar-refractivity contribution in [2.24, 2.45) is 0 Å². The van der Waals surface area contributed by atoms with Crippen LogP contribution in [0.1, 0.15) is 21.9 Å². The normalized spacial score (nSPS) is 11.4. The molecule has 148 valence electrons. The molecule has 0 N–H and O–H groups in total. The van der Waals surface area contributed by atoms with Crippen molar-refractivity contribution in [2.45, 2.75) is 25.9 Å². The number of halogens is 3. The van der Waals surface area contributed by atoms with Crippen LogP contribution in [0.3, 0.4) is 0 Å². The molecule has 2 aromatic heterocycles. The van der Waals surface area contributed by atoms with Crippen LogP contribution in [0.4, 0.5) is 13.2 Å². The van der Waals surface area contributed by atoms with E-state index in [2.05, 4.69) is 9.97 Å². The summed E-state index contributed by atoms with van der Waals surface area (Å²) in [6.45, 7) is -0.915. The minimum atomic E-state index is -4.36. The first kappa shape index (κ1) is 19.9. The second-order valence-electron chi connectivity index (χ2n) is 6.04. The van der Waals surface area contributed by atoms with Crippen molar-refractivity contribution in [3.8, 4) is 5.75 Å². The predicted octanol–water partition coefficient (Wildman–Crippen LogP) is 3.75. The highest BCUT2D eigenvalue weighted by Crippen LogP contribution is 2.20.